The number of hydroxylamine groups is 1. The largest absolute Gasteiger partial charge is 0.282 e. The van der Waals surface area contributed by atoms with E-state index in [0.29, 0.717) is 10.0 Å². The van der Waals surface area contributed by atoms with Crippen molar-refractivity contribution in [1.82, 2.24) is 0 Å². The fraction of sp³-hybridized carbons (Fsp3) is 0.125. The maximum atomic E-state index is 9.46. The van der Waals surface area contributed by atoms with Crippen LogP contribution in [0.25, 0.3) is 0 Å². The Morgan fingerprint density at radius 1 is 1.42 bits per heavy atom. The number of hydrogen-bond donors (Lipinski definition) is 1. The van der Waals surface area contributed by atoms with Gasteiger partial charge >= 0.3 is 0 Å². The Kier molecular flexibility index (Phi) is 3.52. The summed E-state index contributed by atoms with van der Waals surface area (Å²) in [5.41, 5.74) is 0.692. The summed E-state index contributed by atoms with van der Waals surface area (Å²) in [6.45, 7) is 0. The summed E-state index contributed by atoms with van der Waals surface area (Å²) < 4.78 is 0.446. The van der Waals surface area contributed by atoms with E-state index in [-0.39, 0.29) is 0 Å². The molecule has 0 saturated carbocycles. The molecule has 12 heavy (non-hydrogen) atoms. The molecule has 0 aliphatic heterocycles. The average Bonchev–Trinajstić information content (AvgIpc) is 2.17. The monoisotopic (exact) mass is 199 g/mol. The summed E-state index contributed by atoms with van der Waals surface area (Å²) in [6.07, 6.45) is 1.83. The lowest BCUT2D eigenvalue weighted by molar-refractivity contribution is 0.317. The van der Waals surface area contributed by atoms with Crippen molar-refractivity contribution in [3.05, 3.63) is 30.3 Å². The van der Waals surface area contributed by atoms with Gasteiger partial charge in [-0.1, -0.05) is 30.0 Å². The Balaban J connectivity index is 2.78. The lowest BCUT2D eigenvalue weighted by atomic mass is 10.3. The predicted molar refractivity (Wildman–Crippen MR) is 56.8 cm³/mol. The van der Waals surface area contributed by atoms with E-state index in [0.717, 1.165) is 5.06 Å². The van der Waals surface area contributed by atoms with Crippen molar-refractivity contribution in [3.63, 3.8) is 0 Å². The summed E-state index contributed by atoms with van der Waals surface area (Å²) in [6, 6.07) is 9.17. The van der Waals surface area contributed by atoms with E-state index in [1.807, 2.05) is 24.5 Å². The highest BCUT2D eigenvalue weighted by atomic mass is 32.2. The van der Waals surface area contributed by atoms with Crippen LogP contribution < -0.4 is 5.06 Å². The Labute approximate surface area is 81.2 Å². The van der Waals surface area contributed by atoms with Crippen molar-refractivity contribution >= 4 is 34.0 Å². The van der Waals surface area contributed by atoms with E-state index in [1.54, 1.807) is 12.1 Å². The maximum absolute atomic E-state index is 9.46. The van der Waals surface area contributed by atoms with Crippen LogP contribution in [0.1, 0.15) is 0 Å². The van der Waals surface area contributed by atoms with E-state index in [1.165, 1.54) is 11.8 Å². The third-order valence-corrected chi connectivity index (χ3v) is 2.54. The smallest absolute Gasteiger partial charge is 0.165 e. The first-order valence-electron chi connectivity index (χ1n) is 3.37. The molecule has 1 rings (SSSR count). The fourth-order valence-corrected chi connectivity index (χ4v) is 1.14. The van der Waals surface area contributed by atoms with Crippen LogP contribution in [-0.2, 0) is 0 Å². The van der Waals surface area contributed by atoms with Gasteiger partial charge in [-0.15, -0.1) is 0 Å². The molecule has 0 aliphatic carbocycles. The first-order chi connectivity index (χ1) is 5.75. The summed E-state index contributed by atoms with van der Waals surface area (Å²) in [5.74, 6) is 0. The number of rotatable bonds is 1. The Hall–Kier alpha value is -0.580. The molecule has 0 bridgehead atoms. The normalized spacial score (nSPS) is 9.50. The second-order valence-electron chi connectivity index (χ2n) is 2.12. The van der Waals surface area contributed by atoms with Gasteiger partial charge in [-0.2, -0.15) is 0 Å². The molecule has 0 saturated heterocycles. The van der Waals surface area contributed by atoms with Crippen LogP contribution in [0.5, 0.6) is 0 Å². The minimum atomic E-state index is 0.446. The van der Waals surface area contributed by atoms with Crippen LogP contribution in [0.4, 0.5) is 5.69 Å². The summed E-state index contributed by atoms with van der Waals surface area (Å²) in [7, 11) is 0. The number of thioether (sulfide) groups is 1. The molecule has 2 nitrogen and oxygen atoms in total. The SMILES string of the molecule is CSC(=S)N(O)c1ccccc1. The van der Waals surface area contributed by atoms with Gasteiger partial charge in [-0.25, -0.2) is 5.06 Å². The van der Waals surface area contributed by atoms with E-state index >= 15 is 0 Å². The topological polar surface area (TPSA) is 23.5 Å². The van der Waals surface area contributed by atoms with Gasteiger partial charge in [0.05, 0.1) is 5.69 Å². The Morgan fingerprint density at radius 2 is 2.00 bits per heavy atom. The van der Waals surface area contributed by atoms with Gasteiger partial charge < -0.3 is 0 Å². The van der Waals surface area contributed by atoms with Gasteiger partial charge in [-0.05, 0) is 30.6 Å². The second-order valence-corrected chi connectivity index (χ2v) is 3.56. The molecule has 0 atom stereocenters. The van der Waals surface area contributed by atoms with Gasteiger partial charge in [-0.3, -0.25) is 5.21 Å². The number of benzene rings is 1. The highest BCUT2D eigenvalue weighted by Crippen LogP contribution is 2.15. The molecule has 1 aromatic rings. The van der Waals surface area contributed by atoms with Crippen LogP contribution in [-0.4, -0.2) is 15.8 Å². The van der Waals surface area contributed by atoms with Crippen LogP contribution in [0.2, 0.25) is 0 Å². The van der Waals surface area contributed by atoms with Crippen molar-refractivity contribution in [1.29, 1.82) is 0 Å². The Bertz CT molecular complexity index is 263. The summed E-state index contributed by atoms with van der Waals surface area (Å²) in [5, 5.41) is 10.5. The number of nitrogens with zero attached hydrogens (tertiary/aromatic N) is 1. The van der Waals surface area contributed by atoms with Crippen LogP contribution in [0.15, 0.2) is 30.3 Å². The molecule has 0 aliphatic rings. The maximum Gasteiger partial charge on any atom is 0.165 e. The van der Waals surface area contributed by atoms with Gasteiger partial charge in [0.1, 0.15) is 0 Å². The molecule has 64 valence electrons. The van der Waals surface area contributed by atoms with Crippen molar-refractivity contribution < 1.29 is 5.21 Å². The average molecular weight is 199 g/mol. The zero-order valence-corrected chi connectivity index (χ0v) is 8.23. The summed E-state index contributed by atoms with van der Waals surface area (Å²) >= 11 is 6.23. The van der Waals surface area contributed by atoms with Crippen LogP contribution in [0, 0.1) is 0 Å². The predicted octanol–water partition coefficient (Wildman–Crippen LogP) is 2.53. The van der Waals surface area contributed by atoms with Gasteiger partial charge in [0.25, 0.3) is 0 Å². The highest BCUT2D eigenvalue weighted by Gasteiger charge is 2.05. The van der Waals surface area contributed by atoms with Crippen molar-refractivity contribution in [2.75, 3.05) is 11.3 Å². The molecule has 0 radical (unpaired) electrons. The highest BCUT2D eigenvalue weighted by molar-refractivity contribution is 8.22. The molecular formula is C8H9NOS2. The summed E-state index contributed by atoms with van der Waals surface area (Å²) in [4.78, 5) is 0. The lowest BCUT2D eigenvalue weighted by Gasteiger charge is -2.15. The van der Waals surface area contributed by atoms with Gasteiger partial charge in [0.15, 0.2) is 4.32 Å². The molecule has 4 heteroatoms. The van der Waals surface area contributed by atoms with E-state index in [4.69, 9.17) is 12.2 Å². The first-order valence-corrected chi connectivity index (χ1v) is 5.01. The number of hydrogen-bond acceptors (Lipinski definition) is 3. The first kappa shape index (κ1) is 9.51. The zero-order valence-electron chi connectivity index (χ0n) is 6.60. The van der Waals surface area contributed by atoms with Crippen LogP contribution >= 0.6 is 24.0 Å². The quantitative estimate of drug-likeness (QED) is 0.554. The third kappa shape index (κ3) is 2.20. The van der Waals surface area contributed by atoms with E-state index in [2.05, 4.69) is 0 Å². The standard InChI is InChI=1S/C8H9NOS2/c1-12-8(11)9(10)7-5-3-2-4-6-7/h2-6,10H,1H3. The van der Waals surface area contributed by atoms with Crippen molar-refractivity contribution in [3.8, 4) is 0 Å². The molecule has 0 spiro atoms. The van der Waals surface area contributed by atoms with Gasteiger partial charge in [0.2, 0.25) is 0 Å². The minimum Gasteiger partial charge on any atom is -0.282 e. The third-order valence-electron chi connectivity index (χ3n) is 1.35. The van der Waals surface area contributed by atoms with Crippen molar-refractivity contribution in [2.45, 2.75) is 0 Å². The number of para-hydroxylation sites is 1. The van der Waals surface area contributed by atoms with E-state index in [9.17, 15) is 5.21 Å². The zero-order chi connectivity index (χ0) is 8.97. The molecular weight excluding hydrogens is 190 g/mol. The molecule has 0 heterocycles. The fourth-order valence-electron chi connectivity index (χ4n) is 0.761. The Morgan fingerprint density at radius 3 is 2.50 bits per heavy atom. The number of thiocarbonyl (C=S) groups is 1. The van der Waals surface area contributed by atoms with E-state index < -0.39 is 0 Å². The van der Waals surface area contributed by atoms with Crippen LogP contribution in [0.3, 0.4) is 0 Å². The molecule has 0 aromatic heterocycles. The molecule has 0 unspecified atom stereocenters. The number of anilines is 1. The lowest BCUT2D eigenvalue weighted by Crippen LogP contribution is -2.21. The molecule has 0 fully saturated rings. The second kappa shape index (κ2) is 4.45. The van der Waals surface area contributed by atoms with Gasteiger partial charge in [0, 0.05) is 0 Å². The molecule has 1 aromatic carbocycles. The molecule has 1 N–H and O–H groups in total. The van der Waals surface area contributed by atoms with Crippen molar-refractivity contribution in [2.24, 2.45) is 0 Å². The molecule has 0 amide bonds. The minimum absolute atomic E-state index is 0.446.